The first kappa shape index (κ1) is 20.6. The number of hydrogen-bond donors (Lipinski definition) is 2. The van der Waals surface area contributed by atoms with E-state index in [2.05, 4.69) is 31.8 Å². The highest BCUT2D eigenvalue weighted by molar-refractivity contribution is 9.10. The third-order valence-electron chi connectivity index (χ3n) is 3.64. The van der Waals surface area contributed by atoms with Crippen molar-refractivity contribution < 1.29 is 14.3 Å². The first-order valence-electron chi connectivity index (χ1n) is 8.59. The molecule has 0 aromatic heterocycles. The summed E-state index contributed by atoms with van der Waals surface area (Å²) in [5, 5.41) is 6.82. The maximum atomic E-state index is 12.0. The number of anilines is 1. The average molecular weight is 432 g/mol. The maximum absolute atomic E-state index is 12.0. The Hall–Kier alpha value is -2.67. The molecular formula is C20H22BrN3O3. The first-order chi connectivity index (χ1) is 13.0. The number of nitrogens with zero attached hydrogens (tertiary/aromatic N) is 1. The van der Waals surface area contributed by atoms with Gasteiger partial charge in [-0.1, -0.05) is 28.1 Å². The Balaban J connectivity index is 1.76. The number of carbonyl (C=O) groups excluding carboxylic acids is 2. The summed E-state index contributed by atoms with van der Waals surface area (Å²) in [6.45, 7) is 4.30. The molecule has 0 fully saturated rings. The van der Waals surface area contributed by atoms with E-state index in [1.807, 2.05) is 38.1 Å². The van der Waals surface area contributed by atoms with Gasteiger partial charge in [-0.3, -0.25) is 9.59 Å². The van der Waals surface area contributed by atoms with Crippen LogP contribution in [-0.4, -0.2) is 24.1 Å². The quantitative estimate of drug-likeness (QED) is 0.487. The van der Waals surface area contributed by atoms with Crippen LogP contribution in [-0.2, 0) is 9.59 Å². The standard InChI is InChI=1S/C20H22BrN3O3/c1-3-27-18-10-8-17(9-11-18)22-19(25)12-13-20(26)24-23-14(2)15-4-6-16(21)7-5-15/h4-11H,3,12-13H2,1-2H3,(H,22,25)(H,24,26)/b23-14+. The van der Waals surface area contributed by atoms with Gasteiger partial charge >= 0.3 is 0 Å². The fourth-order valence-electron chi connectivity index (χ4n) is 2.21. The summed E-state index contributed by atoms with van der Waals surface area (Å²) in [4.78, 5) is 23.8. The van der Waals surface area contributed by atoms with Gasteiger partial charge in [0.25, 0.3) is 0 Å². The number of hydrazone groups is 1. The molecule has 2 rings (SSSR count). The summed E-state index contributed by atoms with van der Waals surface area (Å²) in [5.74, 6) is 0.199. The topological polar surface area (TPSA) is 79.8 Å². The summed E-state index contributed by atoms with van der Waals surface area (Å²) < 4.78 is 6.32. The highest BCUT2D eigenvalue weighted by atomic mass is 79.9. The molecule has 0 spiro atoms. The van der Waals surface area contributed by atoms with E-state index in [0.717, 1.165) is 15.8 Å². The van der Waals surface area contributed by atoms with Crippen LogP contribution in [0.2, 0.25) is 0 Å². The zero-order valence-corrected chi connectivity index (χ0v) is 16.9. The normalized spacial score (nSPS) is 11.0. The zero-order chi connectivity index (χ0) is 19.6. The molecule has 0 bridgehead atoms. The molecule has 142 valence electrons. The van der Waals surface area contributed by atoms with Gasteiger partial charge in [-0.2, -0.15) is 5.10 Å². The smallest absolute Gasteiger partial charge is 0.240 e. The summed E-state index contributed by atoms with van der Waals surface area (Å²) in [5.41, 5.74) is 4.74. The SMILES string of the molecule is CCOc1ccc(NC(=O)CCC(=O)N/N=C(\C)c2ccc(Br)cc2)cc1. The highest BCUT2D eigenvalue weighted by Crippen LogP contribution is 2.16. The molecule has 2 aromatic rings. The Morgan fingerprint density at radius 3 is 2.26 bits per heavy atom. The number of halogens is 1. The lowest BCUT2D eigenvalue weighted by Gasteiger charge is -2.07. The Labute approximate surface area is 167 Å². The van der Waals surface area contributed by atoms with Crippen molar-refractivity contribution in [3.05, 3.63) is 58.6 Å². The van der Waals surface area contributed by atoms with Gasteiger partial charge in [0.1, 0.15) is 5.75 Å². The van der Waals surface area contributed by atoms with Crippen LogP contribution in [0, 0.1) is 0 Å². The molecule has 0 aliphatic heterocycles. The second kappa shape index (κ2) is 10.5. The third-order valence-corrected chi connectivity index (χ3v) is 4.17. The predicted octanol–water partition coefficient (Wildman–Crippen LogP) is 4.11. The van der Waals surface area contributed by atoms with Crippen molar-refractivity contribution in [2.24, 2.45) is 5.10 Å². The number of nitrogens with one attached hydrogen (secondary N) is 2. The van der Waals surface area contributed by atoms with Crippen molar-refractivity contribution in [1.82, 2.24) is 5.43 Å². The molecule has 0 unspecified atom stereocenters. The fourth-order valence-corrected chi connectivity index (χ4v) is 2.47. The van der Waals surface area contributed by atoms with Gasteiger partial charge in [-0.05, 0) is 55.8 Å². The molecule has 7 heteroatoms. The summed E-state index contributed by atoms with van der Waals surface area (Å²) in [6, 6.07) is 14.7. The lowest BCUT2D eigenvalue weighted by Crippen LogP contribution is -2.21. The lowest BCUT2D eigenvalue weighted by atomic mass is 10.1. The molecule has 27 heavy (non-hydrogen) atoms. The number of ether oxygens (including phenoxy) is 1. The minimum Gasteiger partial charge on any atom is -0.494 e. The molecule has 0 radical (unpaired) electrons. The minimum atomic E-state index is -0.312. The van der Waals surface area contributed by atoms with Crippen molar-refractivity contribution in [1.29, 1.82) is 0 Å². The molecule has 0 atom stereocenters. The largest absolute Gasteiger partial charge is 0.494 e. The van der Waals surface area contributed by atoms with Crippen molar-refractivity contribution in [3.8, 4) is 5.75 Å². The molecule has 2 N–H and O–H groups in total. The second-order valence-electron chi connectivity index (χ2n) is 5.74. The fraction of sp³-hybridized carbons (Fsp3) is 0.250. The van der Waals surface area contributed by atoms with Crippen molar-refractivity contribution in [2.45, 2.75) is 26.7 Å². The number of amides is 2. The van der Waals surface area contributed by atoms with E-state index < -0.39 is 0 Å². The maximum Gasteiger partial charge on any atom is 0.240 e. The Bertz CT molecular complexity index is 802. The van der Waals surface area contributed by atoms with Crippen LogP contribution in [0.5, 0.6) is 5.75 Å². The monoisotopic (exact) mass is 431 g/mol. The molecule has 0 saturated heterocycles. The van der Waals surface area contributed by atoms with E-state index >= 15 is 0 Å². The van der Waals surface area contributed by atoms with Crippen LogP contribution in [0.3, 0.4) is 0 Å². The predicted molar refractivity (Wildman–Crippen MR) is 110 cm³/mol. The molecule has 0 aliphatic carbocycles. The Kier molecular flexibility index (Phi) is 8.00. The van der Waals surface area contributed by atoms with E-state index in [9.17, 15) is 9.59 Å². The van der Waals surface area contributed by atoms with Gasteiger partial charge in [0, 0.05) is 23.0 Å². The van der Waals surface area contributed by atoms with Crippen molar-refractivity contribution in [3.63, 3.8) is 0 Å². The van der Waals surface area contributed by atoms with Gasteiger partial charge in [0.15, 0.2) is 0 Å². The number of hydrogen-bond acceptors (Lipinski definition) is 4. The van der Waals surface area contributed by atoms with Gasteiger partial charge in [0.2, 0.25) is 11.8 Å². The number of rotatable bonds is 8. The van der Waals surface area contributed by atoms with Crippen LogP contribution >= 0.6 is 15.9 Å². The van der Waals surface area contributed by atoms with Crippen molar-refractivity contribution >= 4 is 39.1 Å². The van der Waals surface area contributed by atoms with E-state index in [1.165, 1.54) is 0 Å². The minimum absolute atomic E-state index is 0.0555. The molecule has 2 aromatic carbocycles. The van der Waals surface area contributed by atoms with Gasteiger partial charge < -0.3 is 10.1 Å². The van der Waals surface area contributed by atoms with Crippen LogP contribution in [0.25, 0.3) is 0 Å². The summed E-state index contributed by atoms with van der Waals surface area (Å²) >= 11 is 3.37. The van der Waals surface area contributed by atoms with E-state index in [4.69, 9.17) is 4.74 Å². The van der Waals surface area contributed by atoms with Gasteiger partial charge in [-0.15, -0.1) is 0 Å². The third kappa shape index (κ3) is 7.22. The van der Waals surface area contributed by atoms with E-state index in [-0.39, 0.29) is 24.7 Å². The first-order valence-corrected chi connectivity index (χ1v) is 9.39. The van der Waals surface area contributed by atoms with Gasteiger partial charge in [0.05, 0.1) is 12.3 Å². The van der Waals surface area contributed by atoms with Crippen molar-refractivity contribution in [2.75, 3.05) is 11.9 Å². The number of carbonyl (C=O) groups is 2. The van der Waals surface area contributed by atoms with Crippen LogP contribution in [0.15, 0.2) is 58.1 Å². The second-order valence-corrected chi connectivity index (χ2v) is 6.66. The van der Waals surface area contributed by atoms with Crippen LogP contribution in [0.4, 0.5) is 5.69 Å². The molecule has 0 saturated carbocycles. The van der Waals surface area contributed by atoms with Crippen LogP contribution in [0.1, 0.15) is 32.3 Å². The lowest BCUT2D eigenvalue weighted by molar-refractivity contribution is -0.124. The van der Waals surface area contributed by atoms with E-state index in [1.54, 1.807) is 24.3 Å². The molecule has 6 nitrogen and oxygen atoms in total. The molecule has 0 heterocycles. The van der Waals surface area contributed by atoms with E-state index in [0.29, 0.717) is 18.0 Å². The highest BCUT2D eigenvalue weighted by Gasteiger charge is 2.07. The Morgan fingerprint density at radius 2 is 1.63 bits per heavy atom. The van der Waals surface area contributed by atoms with Crippen LogP contribution < -0.4 is 15.5 Å². The number of benzene rings is 2. The zero-order valence-electron chi connectivity index (χ0n) is 15.3. The van der Waals surface area contributed by atoms with Gasteiger partial charge in [-0.25, -0.2) is 5.43 Å². The summed E-state index contributed by atoms with van der Waals surface area (Å²) in [7, 11) is 0. The summed E-state index contributed by atoms with van der Waals surface area (Å²) in [6.07, 6.45) is 0.131. The molecular weight excluding hydrogens is 410 g/mol. The Morgan fingerprint density at radius 1 is 1.00 bits per heavy atom. The molecule has 0 aliphatic rings. The molecule has 2 amide bonds. The average Bonchev–Trinajstić information content (AvgIpc) is 2.67.